The van der Waals surface area contributed by atoms with Crippen molar-refractivity contribution in [3.63, 3.8) is 0 Å². The van der Waals surface area contributed by atoms with Crippen LogP contribution in [0.4, 0.5) is 11.4 Å². The quantitative estimate of drug-likeness (QED) is 0.503. The van der Waals surface area contributed by atoms with Crippen LogP contribution in [0.3, 0.4) is 0 Å². The molecule has 2 aromatic rings. The molecule has 0 bridgehead atoms. The third kappa shape index (κ3) is 4.94. The Bertz CT molecular complexity index is 721. The van der Waals surface area contributed by atoms with E-state index in [4.69, 9.17) is 11.6 Å². The molecule has 2 nitrogen and oxygen atoms in total. The number of hydrogen-bond acceptors (Lipinski definition) is 3. The lowest BCUT2D eigenvalue weighted by molar-refractivity contribution is 0.375. The van der Waals surface area contributed by atoms with Gasteiger partial charge in [0.05, 0.1) is 11.4 Å². The summed E-state index contributed by atoms with van der Waals surface area (Å²) in [4.78, 5) is 5.00. The summed E-state index contributed by atoms with van der Waals surface area (Å²) in [6, 6.07) is 14.8. The van der Waals surface area contributed by atoms with Crippen molar-refractivity contribution in [1.29, 1.82) is 0 Å². The third-order valence-corrected chi connectivity index (χ3v) is 6.00. The molecule has 0 fully saturated rings. The fraction of sp³-hybridized carbons (Fsp3) is 0.400. The molecule has 25 heavy (non-hydrogen) atoms. The highest BCUT2D eigenvalue weighted by Gasteiger charge is 2.23. The van der Waals surface area contributed by atoms with E-state index in [0.717, 1.165) is 31.0 Å². The first kappa shape index (κ1) is 20.6. The molecule has 1 N–H and O–H groups in total. The van der Waals surface area contributed by atoms with Crippen molar-refractivity contribution in [2.24, 2.45) is 0 Å². The van der Waals surface area contributed by atoms with Crippen LogP contribution in [0.5, 0.6) is 0 Å². The molecule has 1 heterocycles. The Morgan fingerprint density at radius 3 is 2.56 bits per heavy atom. The van der Waals surface area contributed by atoms with E-state index >= 15 is 0 Å². The first-order valence-corrected chi connectivity index (χ1v) is 9.78. The molecular weight excluding hydrogens is 416 g/mol. The van der Waals surface area contributed by atoms with Gasteiger partial charge in [0.25, 0.3) is 0 Å². The van der Waals surface area contributed by atoms with Gasteiger partial charge in [0.2, 0.25) is 0 Å². The van der Waals surface area contributed by atoms with Crippen LogP contribution in [0.15, 0.2) is 52.3 Å². The summed E-state index contributed by atoms with van der Waals surface area (Å²) in [5.74, 6) is 0. The minimum atomic E-state index is 0. The van der Waals surface area contributed by atoms with E-state index in [1.54, 1.807) is 0 Å². The van der Waals surface area contributed by atoms with Gasteiger partial charge in [-0.3, -0.25) is 0 Å². The van der Waals surface area contributed by atoms with E-state index < -0.39 is 0 Å². The molecule has 3 rings (SSSR count). The van der Waals surface area contributed by atoms with Crippen LogP contribution in [0.2, 0.25) is 5.02 Å². The largest absolute Gasteiger partial charge is 0.340 e. The fourth-order valence-electron chi connectivity index (χ4n) is 2.83. The molecular formula is C20H26BrClN2S. The van der Waals surface area contributed by atoms with E-state index in [-0.39, 0.29) is 22.5 Å². The highest BCUT2D eigenvalue weighted by molar-refractivity contribution is 8.93. The fourth-order valence-corrected chi connectivity index (χ4v) is 4.07. The normalized spacial score (nSPS) is 13.0. The van der Waals surface area contributed by atoms with Crippen molar-refractivity contribution < 1.29 is 0 Å². The van der Waals surface area contributed by atoms with Crippen LogP contribution in [0.25, 0.3) is 0 Å². The number of fused-ring (bicyclic) bond motifs is 2. The predicted molar refractivity (Wildman–Crippen MR) is 116 cm³/mol. The van der Waals surface area contributed by atoms with Crippen molar-refractivity contribution >= 4 is 51.7 Å². The third-order valence-electron chi connectivity index (χ3n) is 4.63. The molecule has 0 saturated heterocycles. The zero-order valence-electron chi connectivity index (χ0n) is 15.0. The summed E-state index contributed by atoms with van der Waals surface area (Å²) in [5, 5.41) is 4.44. The van der Waals surface area contributed by atoms with Gasteiger partial charge in [0.1, 0.15) is 0 Å². The highest BCUT2D eigenvalue weighted by Crippen LogP contribution is 2.48. The maximum Gasteiger partial charge on any atom is 0.0567 e. The van der Waals surface area contributed by atoms with Crippen molar-refractivity contribution in [1.82, 2.24) is 5.32 Å². The predicted octanol–water partition coefficient (Wildman–Crippen LogP) is 6.69. The average molecular weight is 442 g/mol. The number of halogens is 2. The standard InChI is InChI=1S/C20H25ClN2S.BrH/c1-4-20(2,3)22-12-7-13-23-16-8-5-6-9-18(16)24-19-11-10-15(21)14-17(19)23;/h5-6,8-11,14,22H,4,7,12-13H2,1-3H3;1H. The number of hydrogen-bond donors (Lipinski definition) is 1. The van der Waals surface area contributed by atoms with Gasteiger partial charge in [0, 0.05) is 26.9 Å². The van der Waals surface area contributed by atoms with Gasteiger partial charge in [-0.15, -0.1) is 17.0 Å². The van der Waals surface area contributed by atoms with E-state index in [0.29, 0.717) is 0 Å². The van der Waals surface area contributed by atoms with Crippen LogP contribution in [-0.4, -0.2) is 18.6 Å². The Kier molecular flexibility index (Phi) is 7.27. The molecule has 0 amide bonds. The monoisotopic (exact) mass is 440 g/mol. The number of anilines is 2. The van der Waals surface area contributed by atoms with Gasteiger partial charge in [0.15, 0.2) is 0 Å². The van der Waals surface area contributed by atoms with Crippen molar-refractivity contribution in [2.45, 2.75) is 48.9 Å². The molecule has 0 spiro atoms. The van der Waals surface area contributed by atoms with E-state index in [2.05, 4.69) is 67.4 Å². The molecule has 0 radical (unpaired) electrons. The molecule has 5 heteroatoms. The number of rotatable bonds is 6. The maximum absolute atomic E-state index is 6.26. The summed E-state index contributed by atoms with van der Waals surface area (Å²) < 4.78 is 0. The molecule has 1 aliphatic heterocycles. The lowest BCUT2D eigenvalue weighted by atomic mass is 10.0. The van der Waals surface area contributed by atoms with E-state index in [1.165, 1.54) is 21.2 Å². The first-order valence-electron chi connectivity index (χ1n) is 8.59. The van der Waals surface area contributed by atoms with Crippen LogP contribution in [-0.2, 0) is 0 Å². The highest BCUT2D eigenvalue weighted by atomic mass is 79.9. The zero-order valence-corrected chi connectivity index (χ0v) is 18.3. The van der Waals surface area contributed by atoms with E-state index in [9.17, 15) is 0 Å². The van der Waals surface area contributed by atoms with Crippen molar-refractivity contribution in [3.05, 3.63) is 47.5 Å². The second-order valence-electron chi connectivity index (χ2n) is 6.85. The second-order valence-corrected chi connectivity index (χ2v) is 8.37. The molecule has 1 aliphatic rings. The number of benzene rings is 2. The number of para-hydroxylation sites is 1. The van der Waals surface area contributed by atoms with Gasteiger partial charge in [-0.2, -0.15) is 0 Å². The summed E-state index contributed by atoms with van der Waals surface area (Å²) in [6.45, 7) is 8.74. The first-order chi connectivity index (χ1) is 11.5. The van der Waals surface area contributed by atoms with Gasteiger partial charge >= 0.3 is 0 Å². The maximum atomic E-state index is 6.26. The van der Waals surface area contributed by atoms with Crippen LogP contribution in [0.1, 0.15) is 33.6 Å². The van der Waals surface area contributed by atoms with Crippen molar-refractivity contribution in [3.8, 4) is 0 Å². The molecule has 0 aliphatic carbocycles. The summed E-state index contributed by atoms with van der Waals surface area (Å²) in [5.41, 5.74) is 2.71. The average Bonchev–Trinajstić information content (AvgIpc) is 2.58. The molecule has 0 unspecified atom stereocenters. The van der Waals surface area contributed by atoms with Gasteiger partial charge in [-0.25, -0.2) is 0 Å². The van der Waals surface area contributed by atoms with Gasteiger partial charge < -0.3 is 10.2 Å². The molecule has 0 saturated carbocycles. The molecule has 0 atom stereocenters. The summed E-state index contributed by atoms with van der Waals surface area (Å²) >= 11 is 8.09. The number of nitrogens with one attached hydrogen (secondary N) is 1. The Hall–Kier alpha value is -0.680. The van der Waals surface area contributed by atoms with Crippen LogP contribution >= 0.6 is 40.3 Å². The minimum absolute atomic E-state index is 0. The molecule has 136 valence electrons. The second kappa shape index (κ2) is 8.81. The Labute approximate surface area is 171 Å². The van der Waals surface area contributed by atoms with Gasteiger partial charge in [-0.05, 0) is 63.6 Å². The Morgan fingerprint density at radius 1 is 1.08 bits per heavy atom. The Morgan fingerprint density at radius 2 is 1.80 bits per heavy atom. The van der Waals surface area contributed by atoms with E-state index in [1.807, 2.05) is 17.8 Å². The topological polar surface area (TPSA) is 15.3 Å². The zero-order chi connectivity index (χ0) is 17.2. The lowest BCUT2D eigenvalue weighted by Gasteiger charge is -2.33. The van der Waals surface area contributed by atoms with Crippen LogP contribution in [0, 0.1) is 0 Å². The molecule has 0 aromatic heterocycles. The van der Waals surface area contributed by atoms with Crippen LogP contribution < -0.4 is 10.2 Å². The van der Waals surface area contributed by atoms with Crippen molar-refractivity contribution in [2.75, 3.05) is 18.0 Å². The lowest BCUT2D eigenvalue weighted by Crippen LogP contribution is -2.40. The Balaban J connectivity index is 0.00000225. The molecule has 2 aromatic carbocycles. The minimum Gasteiger partial charge on any atom is -0.340 e. The van der Waals surface area contributed by atoms with Gasteiger partial charge in [-0.1, -0.05) is 42.4 Å². The summed E-state index contributed by atoms with van der Waals surface area (Å²) in [6.07, 6.45) is 2.23. The smallest absolute Gasteiger partial charge is 0.0567 e. The SMILES string of the molecule is Br.CCC(C)(C)NCCCN1c2ccccc2Sc2ccc(Cl)cc21. The number of nitrogens with zero attached hydrogens (tertiary/aromatic N) is 1. The summed E-state index contributed by atoms with van der Waals surface area (Å²) in [7, 11) is 0.